The van der Waals surface area contributed by atoms with Crippen molar-refractivity contribution in [2.24, 2.45) is 4.40 Å². The van der Waals surface area contributed by atoms with E-state index in [1.165, 1.54) is 11.8 Å². The topological polar surface area (TPSA) is 78.8 Å². The molecular weight excluding hydrogens is 370 g/mol. The van der Waals surface area contributed by atoms with E-state index in [1.54, 1.807) is 12.1 Å². The van der Waals surface area contributed by atoms with Crippen LogP contribution in [-0.4, -0.2) is 31.8 Å². The van der Waals surface area contributed by atoms with Gasteiger partial charge in [0.25, 0.3) is 15.9 Å². The maximum Gasteiger partial charge on any atom is 0.257 e. The molecule has 2 aromatic rings. The van der Waals surface area contributed by atoms with Gasteiger partial charge in [-0.1, -0.05) is 19.1 Å². The molecule has 2 aromatic carbocycles. The largest absolute Gasteiger partial charge is 0.322 e. The van der Waals surface area contributed by atoms with Crippen LogP contribution in [0.1, 0.15) is 22.8 Å². The number of nitrogens with zero attached hydrogens (tertiary/aromatic N) is 2. The number of sulfonamides is 1. The van der Waals surface area contributed by atoms with Gasteiger partial charge in [-0.15, -0.1) is 4.40 Å². The average molecular weight is 387 g/mol. The van der Waals surface area contributed by atoms with Gasteiger partial charge < -0.3 is 10.2 Å². The van der Waals surface area contributed by atoms with Crippen molar-refractivity contribution < 1.29 is 13.2 Å². The molecular formula is C18H17N3O3S2. The second-order valence-corrected chi connectivity index (χ2v) is 8.87. The SMILES string of the molecule is CCc1cccc(NC(=O)c2ccc3c(c2)SC2=NS(=O)(=O)CCN23)c1. The van der Waals surface area contributed by atoms with E-state index in [0.717, 1.165) is 28.3 Å². The van der Waals surface area contributed by atoms with Crippen molar-refractivity contribution in [1.82, 2.24) is 0 Å². The lowest BCUT2D eigenvalue weighted by atomic mass is 10.1. The van der Waals surface area contributed by atoms with E-state index in [0.29, 0.717) is 17.3 Å². The number of fused-ring (bicyclic) bond motifs is 3. The number of hydrogen-bond acceptors (Lipinski definition) is 5. The molecule has 0 saturated carbocycles. The second kappa shape index (κ2) is 6.44. The molecule has 1 amide bonds. The van der Waals surface area contributed by atoms with Gasteiger partial charge in [0, 0.05) is 22.7 Å². The highest BCUT2D eigenvalue weighted by Crippen LogP contribution is 2.42. The minimum absolute atomic E-state index is 0.00645. The molecule has 4 rings (SSSR count). The molecule has 0 radical (unpaired) electrons. The minimum Gasteiger partial charge on any atom is -0.322 e. The molecule has 0 saturated heterocycles. The number of aryl methyl sites for hydroxylation is 1. The van der Waals surface area contributed by atoms with Crippen molar-refractivity contribution in [3.63, 3.8) is 0 Å². The van der Waals surface area contributed by atoms with Crippen LogP contribution >= 0.6 is 11.8 Å². The van der Waals surface area contributed by atoms with Crippen LogP contribution in [0.3, 0.4) is 0 Å². The van der Waals surface area contributed by atoms with Crippen LogP contribution in [0.25, 0.3) is 0 Å². The minimum atomic E-state index is -3.38. The number of carbonyl (C=O) groups is 1. The van der Waals surface area contributed by atoms with Gasteiger partial charge >= 0.3 is 0 Å². The smallest absolute Gasteiger partial charge is 0.257 e. The molecule has 0 atom stereocenters. The Kier molecular flexibility index (Phi) is 4.24. The molecule has 0 aromatic heterocycles. The number of benzene rings is 2. The summed E-state index contributed by atoms with van der Waals surface area (Å²) >= 11 is 1.28. The lowest BCUT2D eigenvalue weighted by Crippen LogP contribution is -2.35. The molecule has 0 fully saturated rings. The zero-order valence-electron chi connectivity index (χ0n) is 14.1. The molecule has 6 nitrogen and oxygen atoms in total. The standard InChI is InChI=1S/C18H17N3O3S2/c1-2-12-4-3-5-14(10-12)19-17(22)13-6-7-15-16(11-13)25-18-20-26(23,24)9-8-21(15)18/h3-7,10-11H,2,8-9H2,1H3,(H,19,22). The predicted octanol–water partition coefficient (Wildman–Crippen LogP) is 3.11. The maximum absolute atomic E-state index is 12.6. The quantitative estimate of drug-likeness (QED) is 0.875. The molecule has 0 spiro atoms. The third-order valence-corrected chi connectivity index (χ3v) is 6.63. The van der Waals surface area contributed by atoms with Gasteiger partial charge in [-0.05, 0) is 54.1 Å². The number of hydrogen-bond donors (Lipinski definition) is 1. The average Bonchev–Trinajstić information content (AvgIpc) is 2.96. The molecule has 2 heterocycles. The number of anilines is 2. The van der Waals surface area contributed by atoms with E-state index in [2.05, 4.69) is 16.6 Å². The van der Waals surface area contributed by atoms with E-state index in [1.807, 2.05) is 35.2 Å². The monoisotopic (exact) mass is 387 g/mol. The van der Waals surface area contributed by atoms with Gasteiger partial charge in [-0.2, -0.15) is 0 Å². The van der Waals surface area contributed by atoms with Crippen LogP contribution < -0.4 is 10.2 Å². The van der Waals surface area contributed by atoms with E-state index in [-0.39, 0.29) is 11.7 Å². The summed E-state index contributed by atoms with van der Waals surface area (Å²) < 4.78 is 27.2. The third-order valence-electron chi connectivity index (χ3n) is 4.33. The first-order valence-electron chi connectivity index (χ1n) is 8.27. The van der Waals surface area contributed by atoms with Crippen LogP contribution in [0.2, 0.25) is 0 Å². The van der Waals surface area contributed by atoms with E-state index in [4.69, 9.17) is 0 Å². The van der Waals surface area contributed by atoms with Crippen LogP contribution in [0, 0.1) is 0 Å². The highest BCUT2D eigenvalue weighted by Gasteiger charge is 2.33. The van der Waals surface area contributed by atoms with Gasteiger partial charge in [0.15, 0.2) is 5.17 Å². The van der Waals surface area contributed by atoms with Crippen LogP contribution in [-0.2, 0) is 16.4 Å². The number of amidine groups is 1. The Labute approximate surface area is 156 Å². The summed E-state index contributed by atoms with van der Waals surface area (Å²) in [5.74, 6) is -0.187. The van der Waals surface area contributed by atoms with Gasteiger partial charge in [-0.3, -0.25) is 4.79 Å². The van der Waals surface area contributed by atoms with Crippen molar-refractivity contribution in [1.29, 1.82) is 0 Å². The molecule has 0 unspecified atom stereocenters. The Morgan fingerprint density at radius 1 is 1.27 bits per heavy atom. The van der Waals surface area contributed by atoms with E-state index < -0.39 is 10.0 Å². The number of carbonyl (C=O) groups excluding carboxylic acids is 1. The number of rotatable bonds is 3. The maximum atomic E-state index is 12.6. The zero-order chi connectivity index (χ0) is 18.3. The lowest BCUT2D eigenvalue weighted by Gasteiger charge is -2.22. The summed E-state index contributed by atoms with van der Waals surface area (Å²) in [4.78, 5) is 15.3. The fourth-order valence-corrected chi connectivity index (χ4v) is 5.24. The first kappa shape index (κ1) is 17.1. The number of amides is 1. The highest BCUT2D eigenvalue weighted by atomic mass is 32.2. The van der Waals surface area contributed by atoms with Gasteiger partial charge in [0.05, 0.1) is 11.4 Å². The molecule has 2 aliphatic heterocycles. The van der Waals surface area contributed by atoms with E-state index in [9.17, 15) is 13.2 Å². The van der Waals surface area contributed by atoms with Gasteiger partial charge in [0.1, 0.15) is 0 Å². The Morgan fingerprint density at radius 2 is 2.12 bits per heavy atom. The fraction of sp³-hybridized carbons (Fsp3) is 0.222. The van der Waals surface area contributed by atoms with Crippen molar-refractivity contribution >= 4 is 44.2 Å². The van der Waals surface area contributed by atoms with Gasteiger partial charge in [0.2, 0.25) is 0 Å². The molecule has 8 heteroatoms. The van der Waals surface area contributed by atoms with Crippen molar-refractivity contribution in [2.45, 2.75) is 18.2 Å². The van der Waals surface area contributed by atoms with Crippen molar-refractivity contribution in [3.8, 4) is 0 Å². The second-order valence-electron chi connectivity index (χ2n) is 6.10. The summed E-state index contributed by atoms with van der Waals surface area (Å²) in [6, 6.07) is 13.1. The molecule has 0 bridgehead atoms. The van der Waals surface area contributed by atoms with Crippen molar-refractivity contribution in [2.75, 3.05) is 22.5 Å². The summed E-state index contributed by atoms with van der Waals surface area (Å²) in [5, 5.41) is 3.37. The third kappa shape index (κ3) is 3.22. The van der Waals surface area contributed by atoms with Crippen LogP contribution in [0.4, 0.5) is 11.4 Å². The highest BCUT2D eigenvalue weighted by molar-refractivity contribution is 8.15. The molecule has 26 heavy (non-hydrogen) atoms. The number of nitrogens with one attached hydrogen (secondary N) is 1. The molecule has 1 N–H and O–H groups in total. The molecule has 2 aliphatic rings. The molecule has 134 valence electrons. The predicted molar refractivity (Wildman–Crippen MR) is 105 cm³/mol. The van der Waals surface area contributed by atoms with Crippen molar-refractivity contribution in [3.05, 3.63) is 53.6 Å². The Balaban J connectivity index is 1.58. The molecule has 0 aliphatic carbocycles. The van der Waals surface area contributed by atoms with Crippen LogP contribution in [0.5, 0.6) is 0 Å². The van der Waals surface area contributed by atoms with Gasteiger partial charge in [-0.25, -0.2) is 8.42 Å². The summed E-state index contributed by atoms with van der Waals surface area (Å²) in [7, 11) is -3.38. The summed E-state index contributed by atoms with van der Waals surface area (Å²) in [5.41, 5.74) is 3.34. The Bertz CT molecular complexity index is 1030. The Hall–Kier alpha value is -2.32. The number of thioether (sulfide) groups is 1. The first-order chi connectivity index (χ1) is 12.4. The fourth-order valence-electron chi connectivity index (χ4n) is 2.94. The lowest BCUT2D eigenvalue weighted by molar-refractivity contribution is 0.102. The summed E-state index contributed by atoms with van der Waals surface area (Å²) in [6.07, 6.45) is 0.903. The Morgan fingerprint density at radius 3 is 2.92 bits per heavy atom. The normalized spacial score (nSPS) is 17.3. The van der Waals surface area contributed by atoms with Crippen LogP contribution in [0.15, 0.2) is 51.8 Å². The summed E-state index contributed by atoms with van der Waals surface area (Å²) in [6.45, 7) is 2.45. The zero-order valence-corrected chi connectivity index (χ0v) is 15.7. The first-order valence-corrected chi connectivity index (χ1v) is 10.7. The van der Waals surface area contributed by atoms with E-state index >= 15 is 0 Å².